The van der Waals surface area contributed by atoms with E-state index in [0.29, 0.717) is 6.73 Å². The van der Waals surface area contributed by atoms with E-state index in [4.69, 9.17) is 4.74 Å². The molecular formula is C16H17NO. The van der Waals surface area contributed by atoms with Gasteiger partial charge < -0.3 is 4.74 Å². The zero-order chi connectivity index (χ0) is 12.4. The smallest absolute Gasteiger partial charge is 0.110 e. The second-order valence-electron chi connectivity index (χ2n) is 4.80. The lowest BCUT2D eigenvalue weighted by Crippen LogP contribution is -2.19. The second-order valence-corrected chi connectivity index (χ2v) is 4.80. The third-order valence-electron chi connectivity index (χ3n) is 3.34. The Kier molecular flexibility index (Phi) is 3.13. The lowest BCUT2D eigenvalue weighted by molar-refractivity contribution is 0.0117. The highest BCUT2D eigenvalue weighted by Gasteiger charge is 2.22. The minimum Gasteiger partial charge on any atom is -0.353 e. The zero-order valence-corrected chi connectivity index (χ0v) is 10.5. The highest BCUT2D eigenvalue weighted by molar-refractivity contribution is 5.36. The van der Waals surface area contributed by atoms with E-state index in [1.807, 2.05) is 6.07 Å². The summed E-state index contributed by atoms with van der Waals surface area (Å²) in [6, 6.07) is 19.0. The molecule has 2 nitrogen and oxygen atoms in total. The van der Waals surface area contributed by atoms with Crippen molar-refractivity contribution >= 4 is 0 Å². The molecule has 0 bridgehead atoms. The molecule has 0 amide bonds. The summed E-state index contributed by atoms with van der Waals surface area (Å²) in [7, 11) is 2.09. The van der Waals surface area contributed by atoms with Crippen LogP contribution in [0.4, 0.5) is 0 Å². The molecule has 0 radical (unpaired) electrons. The lowest BCUT2D eigenvalue weighted by Gasteiger charge is -2.18. The number of hydrogen-bond acceptors (Lipinski definition) is 2. The fourth-order valence-corrected chi connectivity index (χ4v) is 2.47. The van der Waals surface area contributed by atoms with Crippen molar-refractivity contribution in [1.82, 2.24) is 4.90 Å². The number of nitrogens with zero attached hydrogens (tertiary/aromatic N) is 1. The first-order valence-electron chi connectivity index (χ1n) is 6.27. The molecule has 0 saturated heterocycles. The number of rotatable bonds is 1. The fraction of sp³-hybridized carbons (Fsp3) is 0.250. The fourth-order valence-electron chi connectivity index (χ4n) is 2.47. The Morgan fingerprint density at radius 2 is 1.72 bits per heavy atom. The minimum atomic E-state index is 0.0485. The van der Waals surface area contributed by atoms with E-state index in [1.54, 1.807) is 0 Å². The molecule has 0 aliphatic carbocycles. The normalized spacial score (nSPS) is 20.2. The highest BCUT2D eigenvalue weighted by atomic mass is 16.5. The van der Waals surface area contributed by atoms with E-state index in [-0.39, 0.29) is 6.10 Å². The highest BCUT2D eigenvalue weighted by Crippen LogP contribution is 2.31. The molecule has 0 aromatic heterocycles. The van der Waals surface area contributed by atoms with Crippen molar-refractivity contribution in [2.24, 2.45) is 0 Å². The Labute approximate surface area is 108 Å². The maximum atomic E-state index is 6.05. The number of benzene rings is 2. The van der Waals surface area contributed by atoms with Gasteiger partial charge in [-0.2, -0.15) is 0 Å². The van der Waals surface area contributed by atoms with Gasteiger partial charge >= 0.3 is 0 Å². The van der Waals surface area contributed by atoms with Gasteiger partial charge in [-0.3, -0.25) is 4.90 Å². The van der Waals surface area contributed by atoms with Crippen LogP contribution in [-0.4, -0.2) is 18.7 Å². The van der Waals surface area contributed by atoms with Gasteiger partial charge in [0, 0.05) is 6.54 Å². The number of hydrogen-bond donors (Lipinski definition) is 0. The van der Waals surface area contributed by atoms with Gasteiger partial charge in [-0.05, 0) is 23.7 Å². The quantitative estimate of drug-likeness (QED) is 0.757. The Morgan fingerprint density at radius 1 is 1.00 bits per heavy atom. The monoisotopic (exact) mass is 239 g/mol. The molecule has 2 aromatic rings. The standard InChI is InChI=1S/C16H17NO/c1-17-11-14-9-5-6-10-15(14)16(18-12-17)13-7-3-2-4-8-13/h2-10,16H,11-12H2,1H3. The van der Waals surface area contributed by atoms with Crippen molar-refractivity contribution in [2.75, 3.05) is 13.8 Å². The van der Waals surface area contributed by atoms with Crippen LogP contribution < -0.4 is 0 Å². The molecule has 2 heteroatoms. The van der Waals surface area contributed by atoms with Crippen molar-refractivity contribution in [2.45, 2.75) is 12.6 Å². The Bertz CT molecular complexity index is 524. The van der Waals surface area contributed by atoms with Crippen LogP contribution in [0.5, 0.6) is 0 Å². The third kappa shape index (κ3) is 2.17. The van der Waals surface area contributed by atoms with Crippen molar-refractivity contribution in [3.63, 3.8) is 0 Å². The maximum Gasteiger partial charge on any atom is 0.110 e. The van der Waals surface area contributed by atoms with Gasteiger partial charge in [-0.1, -0.05) is 54.6 Å². The van der Waals surface area contributed by atoms with E-state index in [0.717, 1.165) is 6.54 Å². The summed E-state index contributed by atoms with van der Waals surface area (Å²) in [6.07, 6.45) is 0.0485. The zero-order valence-electron chi connectivity index (χ0n) is 10.5. The molecule has 0 spiro atoms. The molecule has 18 heavy (non-hydrogen) atoms. The summed E-state index contributed by atoms with van der Waals surface area (Å²) in [5, 5.41) is 0. The van der Waals surface area contributed by atoms with Gasteiger partial charge in [0.15, 0.2) is 0 Å². The lowest BCUT2D eigenvalue weighted by atomic mass is 9.97. The van der Waals surface area contributed by atoms with Crippen LogP contribution in [0.25, 0.3) is 0 Å². The first-order valence-corrected chi connectivity index (χ1v) is 6.27. The molecule has 1 unspecified atom stereocenters. The van der Waals surface area contributed by atoms with Crippen LogP contribution in [0.1, 0.15) is 22.8 Å². The first kappa shape index (κ1) is 11.5. The topological polar surface area (TPSA) is 12.5 Å². The molecule has 92 valence electrons. The molecule has 0 N–H and O–H groups in total. The molecule has 2 aromatic carbocycles. The van der Waals surface area contributed by atoms with Crippen molar-refractivity contribution in [1.29, 1.82) is 0 Å². The summed E-state index contributed by atoms with van der Waals surface area (Å²) in [5.41, 5.74) is 3.86. The van der Waals surface area contributed by atoms with Gasteiger partial charge in [-0.15, -0.1) is 0 Å². The Hall–Kier alpha value is -1.64. The average Bonchev–Trinajstić information content (AvgIpc) is 2.58. The van der Waals surface area contributed by atoms with Crippen LogP contribution in [0.3, 0.4) is 0 Å². The SMILES string of the molecule is CN1COC(c2ccccc2)c2ccccc2C1. The molecular weight excluding hydrogens is 222 g/mol. The molecule has 1 aliphatic rings. The van der Waals surface area contributed by atoms with Gasteiger partial charge in [-0.25, -0.2) is 0 Å². The van der Waals surface area contributed by atoms with Crippen LogP contribution in [0.15, 0.2) is 54.6 Å². The minimum absolute atomic E-state index is 0.0485. The largest absolute Gasteiger partial charge is 0.353 e. The second kappa shape index (κ2) is 4.92. The molecule has 1 atom stereocenters. The predicted octanol–water partition coefficient (Wildman–Crippen LogP) is 3.20. The molecule has 3 rings (SSSR count). The molecule has 0 fully saturated rings. The summed E-state index contributed by atoms with van der Waals surface area (Å²) in [4.78, 5) is 2.20. The van der Waals surface area contributed by atoms with Crippen LogP contribution in [0, 0.1) is 0 Å². The van der Waals surface area contributed by atoms with Gasteiger partial charge in [0.2, 0.25) is 0 Å². The molecule has 1 aliphatic heterocycles. The predicted molar refractivity (Wildman–Crippen MR) is 72.1 cm³/mol. The van der Waals surface area contributed by atoms with Crippen LogP contribution in [0.2, 0.25) is 0 Å². The van der Waals surface area contributed by atoms with Crippen molar-refractivity contribution < 1.29 is 4.74 Å². The molecule has 0 saturated carbocycles. The van der Waals surface area contributed by atoms with E-state index in [1.165, 1.54) is 16.7 Å². The summed E-state index contributed by atoms with van der Waals surface area (Å²) in [5.74, 6) is 0. The summed E-state index contributed by atoms with van der Waals surface area (Å²) < 4.78 is 6.05. The van der Waals surface area contributed by atoms with E-state index < -0.39 is 0 Å². The first-order chi connectivity index (χ1) is 8.84. The average molecular weight is 239 g/mol. The molecule has 1 heterocycles. The van der Waals surface area contributed by atoms with Crippen molar-refractivity contribution in [3.05, 3.63) is 71.3 Å². The summed E-state index contributed by atoms with van der Waals surface area (Å²) >= 11 is 0. The van der Waals surface area contributed by atoms with E-state index >= 15 is 0 Å². The van der Waals surface area contributed by atoms with Crippen LogP contribution >= 0.6 is 0 Å². The van der Waals surface area contributed by atoms with Gasteiger partial charge in [0.25, 0.3) is 0 Å². The van der Waals surface area contributed by atoms with E-state index in [2.05, 4.69) is 60.5 Å². The number of fused-ring (bicyclic) bond motifs is 1. The van der Waals surface area contributed by atoms with Crippen molar-refractivity contribution in [3.8, 4) is 0 Å². The Balaban J connectivity index is 2.05. The van der Waals surface area contributed by atoms with Gasteiger partial charge in [0.1, 0.15) is 12.8 Å². The summed E-state index contributed by atoms with van der Waals surface area (Å²) in [6.45, 7) is 1.60. The van der Waals surface area contributed by atoms with E-state index in [9.17, 15) is 0 Å². The van der Waals surface area contributed by atoms with Gasteiger partial charge in [0.05, 0.1) is 0 Å². The van der Waals surface area contributed by atoms with Crippen LogP contribution in [-0.2, 0) is 11.3 Å². The Morgan fingerprint density at radius 3 is 2.56 bits per heavy atom. The third-order valence-corrected chi connectivity index (χ3v) is 3.34. The maximum absolute atomic E-state index is 6.05. The number of ether oxygens (including phenoxy) is 1.